The first kappa shape index (κ1) is 20.6. The lowest BCUT2D eigenvalue weighted by Gasteiger charge is -2.19. The van der Waals surface area contributed by atoms with Crippen LogP contribution in [0.3, 0.4) is 0 Å². The molecule has 0 aliphatic carbocycles. The second-order valence-electron chi connectivity index (χ2n) is 7.05. The normalized spacial score (nSPS) is 12.7. The van der Waals surface area contributed by atoms with Crippen LogP contribution in [-0.4, -0.2) is 9.97 Å². The quantitative estimate of drug-likeness (QED) is 0.315. The van der Waals surface area contributed by atoms with Gasteiger partial charge in [-0.25, -0.2) is 9.97 Å². The molecule has 0 radical (unpaired) electrons. The standard InChI is InChI=1S/C26H24N2O3/c1-19(23-15-9-17-25(27-23)30-21-11-5-3-6-12-21)29-20(2)24-16-10-18-26(28-24)31-22-13-7-4-8-14-22/h3-20H,1-2H3. The molecule has 0 saturated heterocycles. The number of hydrogen-bond donors (Lipinski definition) is 0. The second-order valence-corrected chi connectivity index (χ2v) is 7.05. The summed E-state index contributed by atoms with van der Waals surface area (Å²) < 4.78 is 17.9. The molecule has 2 aromatic heterocycles. The summed E-state index contributed by atoms with van der Waals surface area (Å²) in [6.45, 7) is 3.94. The van der Waals surface area contributed by atoms with Crippen molar-refractivity contribution in [2.24, 2.45) is 0 Å². The summed E-state index contributed by atoms with van der Waals surface area (Å²) in [6, 6.07) is 30.5. The highest BCUT2D eigenvalue weighted by atomic mass is 16.5. The first-order chi connectivity index (χ1) is 15.2. The lowest BCUT2D eigenvalue weighted by molar-refractivity contribution is 0.000914. The van der Waals surface area contributed by atoms with Crippen molar-refractivity contribution in [1.82, 2.24) is 9.97 Å². The molecule has 2 aromatic carbocycles. The summed E-state index contributed by atoms with van der Waals surface area (Å²) in [4.78, 5) is 9.19. The van der Waals surface area contributed by atoms with Crippen molar-refractivity contribution in [3.63, 3.8) is 0 Å². The van der Waals surface area contributed by atoms with Gasteiger partial charge < -0.3 is 14.2 Å². The molecular weight excluding hydrogens is 388 g/mol. The lowest BCUT2D eigenvalue weighted by atomic mass is 10.2. The minimum atomic E-state index is -0.241. The minimum absolute atomic E-state index is 0.241. The molecule has 31 heavy (non-hydrogen) atoms. The fourth-order valence-electron chi connectivity index (χ4n) is 3.09. The van der Waals surface area contributed by atoms with Gasteiger partial charge in [0.1, 0.15) is 11.5 Å². The van der Waals surface area contributed by atoms with Gasteiger partial charge in [-0.3, -0.25) is 0 Å². The van der Waals surface area contributed by atoms with E-state index < -0.39 is 0 Å². The van der Waals surface area contributed by atoms with Crippen LogP contribution in [-0.2, 0) is 4.74 Å². The molecule has 4 aromatic rings. The number of rotatable bonds is 8. The topological polar surface area (TPSA) is 53.5 Å². The summed E-state index contributed by atoms with van der Waals surface area (Å²) in [5.74, 6) is 2.55. The van der Waals surface area contributed by atoms with Gasteiger partial charge in [0, 0.05) is 12.1 Å². The first-order valence-corrected chi connectivity index (χ1v) is 10.2. The van der Waals surface area contributed by atoms with Gasteiger partial charge in [-0.2, -0.15) is 0 Å². The molecule has 0 fully saturated rings. The molecule has 156 valence electrons. The maximum atomic E-state index is 6.20. The zero-order valence-corrected chi connectivity index (χ0v) is 17.5. The molecule has 0 N–H and O–H groups in total. The van der Waals surface area contributed by atoms with Gasteiger partial charge in [-0.15, -0.1) is 0 Å². The molecule has 0 spiro atoms. The van der Waals surface area contributed by atoms with Crippen LogP contribution in [0.15, 0.2) is 97.1 Å². The number of ether oxygens (including phenoxy) is 3. The van der Waals surface area contributed by atoms with Crippen LogP contribution in [0.2, 0.25) is 0 Å². The van der Waals surface area contributed by atoms with Gasteiger partial charge in [0.15, 0.2) is 0 Å². The van der Waals surface area contributed by atoms with Gasteiger partial charge in [-0.05, 0) is 50.2 Å². The van der Waals surface area contributed by atoms with Gasteiger partial charge in [0.25, 0.3) is 0 Å². The molecule has 0 amide bonds. The van der Waals surface area contributed by atoms with Crippen molar-refractivity contribution in [1.29, 1.82) is 0 Å². The number of para-hydroxylation sites is 2. The summed E-state index contributed by atoms with van der Waals surface area (Å²) in [5, 5.41) is 0. The van der Waals surface area contributed by atoms with E-state index in [1.807, 2.05) is 111 Å². The lowest BCUT2D eigenvalue weighted by Crippen LogP contribution is -2.08. The summed E-state index contributed by atoms with van der Waals surface area (Å²) >= 11 is 0. The third-order valence-electron chi connectivity index (χ3n) is 4.66. The molecule has 2 heterocycles. The van der Waals surface area contributed by atoms with Crippen LogP contribution in [0.1, 0.15) is 37.4 Å². The van der Waals surface area contributed by atoms with Crippen LogP contribution >= 0.6 is 0 Å². The van der Waals surface area contributed by atoms with E-state index in [1.54, 1.807) is 0 Å². The van der Waals surface area contributed by atoms with Crippen molar-refractivity contribution in [3.05, 3.63) is 108 Å². The van der Waals surface area contributed by atoms with E-state index >= 15 is 0 Å². The summed E-state index contributed by atoms with van der Waals surface area (Å²) in [5.41, 5.74) is 1.58. The number of aromatic nitrogens is 2. The Hall–Kier alpha value is -3.70. The maximum absolute atomic E-state index is 6.20. The van der Waals surface area contributed by atoms with Crippen LogP contribution < -0.4 is 9.47 Å². The minimum Gasteiger partial charge on any atom is -0.439 e. The monoisotopic (exact) mass is 412 g/mol. The molecule has 4 rings (SSSR count). The molecule has 5 nitrogen and oxygen atoms in total. The van der Waals surface area contributed by atoms with Crippen molar-refractivity contribution in [2.45, 2.75) is 26.1 Å². The van der Waals surface area contributed by atoms with Crippen LogP contribution in [0.5, 0.6) is 23.3 Å². The van der Waals surface area contributed by atoms with Crippen molar-refractivity contribution in [3.8, 4) is 23.3 Å². The Bertz CT molecular complexity index is 1010. The molecule has 0 bridgehead atoms. The third kappa shape index (κ3) is 5.68. The predicted octanol–water partition coefficient (Wildman–Crippen LogP) is 6.90. The average molecular weight is 412 g/mol. The van der Waals surface area contributed by atoms with E-state index in [2.05, 4.69) is 9.97 Å². The molecule has 0 saturated carbocycles. The summed E-state index contributed by atoms with van der Waals surface area (Å²) in [6.07, 6.45) is -0.482. The Labute approximate surface area is 182 Å². The van der Waals surface area contributed by atoms with Crippen molar-refractivity contribution in [2.75, 3.05) is 0 Å². The Morgan fingerprint density at radius 2 is 0.935 bits per heavy atom. The van der Waals surface area contributed by atoms with Crippen LogP contribution in [0, 0.1) is 0 Å². The molecule has 2 unspecified atom stereocenters. The molecule has 0 aliphatic heterocycles. The van der Waals surface area contributed by atoms with E-state index in [1.165, 1.54) is 0 Å². The molecule has 2 atom stereocenters. The summed E-state index contributed by atoms with van der Waals surface area (Å²) in [7, 11) is 0. The van der Waals surface area contributed by atoms with Gasteiger partial charge in [0.05, 0.1) is 23.6 Å². The van der Waals surface area contributed by atoms with Crippen LogP contribution in [0.25, 0.3) is 0 Å². The molecule has 0 aliphatic rings. The fraction of sp³-hybridized carbons (Fsp3) is 0.154. The Balaban J connectivity index is 1.42. The highest BCUT2D eigenvalue weighted by Gasteiger charge is 2.16. The predicted molar refractivity (Wildman–Crippen MR) is 119 cm³/mol. The fourth-order valence-corrected chi connectivity index (χ4v) is 3.09. The van der Waals surface area contributed by atoms with E-state index in [4.69, 9.17) is 14.2 Å². The number of hydrogen-bond acceptors (Lipinski definition) is 5. The van der Waals surface area contributed by atoms with Crippen LogP contribution in [0.4, 0.5) is 0 Å². The van der Waals surface area contributed by atoms with E-state index in [-0.39, 0.29) is 12.2 Å². The second kappa shape index (κ2) is 9.87. The average Bonchev–Trinajstić information content (AvgIpc) is 2.81. The van der Waals surface area contributed by atoms with E-state index in [0.29, 0.717) is 11.8 Å². The van der Waals surface area contributed by atoms with E-state index in [9.17, 15) is 0 Å². The largest absolute Gasteiger partial charge is 0.439 e. The Kier molecular flexibility index (Phi) is 6.55. The zero-order valence-electron chi connectivity index (χ0n) is 17.5. The smallest absolute Gasteiger partial charge is 0.219 e. The molecular formula is C26H24N2O3. The number of benzene rings is 2. The highest BCUT2D eigenvalue weighted by Crippen LogP contribution is 2.28. The molecule has 5 heteroatoms. The SMILES string of the molecule is CC(OC(C)c1cccc(Oc2ccccc2)n1)c1cccc(Oc2ccccc2)n1. The maximum Gasteiger partial charge on any atom is 0.219 e. The van der Waals surface area contributed by atoms with Crippen molar-refractivity contribution < 1.29 is 14.2 Å². The zero-order chi connectivity index (χ0) is 21.5. The van der Waals surface area contributed by atoms with E-state index in [0.717, 1.165) is 22.9 Å². The Morgan fingerprint density at radius 1 is 0.516 bits per heavy atom. The number of pyridine rings is 2. The Morgan fingerprint density at radius 3 is 1.35 bits per heavy atom. The van der Waals surface area contributed by atoms with Gasteiger partial charge in [0.2, 0.25) is 11.8 Å². The highest BCUT2D eigenvalue weighted by molar-refractivity contribution is 5.29. The number of nitrogens with zero attached hydrogens (tertiary/aromatic N) is 2. The van der Waals surface area contributed by atoms with Gasteiger partial charge >= 0.3 is 0 Å². The van der Waals surface area contributed by atoms with Gasteiger partial charge in [-0.1, -0.05) is 48.5 Å². The van der Waals surface area contributed by atoms with Crippen molar-refractivity contribution >= 4 is 0 Å². The first-order valence-electron chi connectivity index (χ1n) is 10.2. The third-order valence-corrected chi connectivity index (χ3v) is 4.66.